The summed E-state index contributed by atoms with van der Waals surface area (Å²) in [5, 5.41) is 0. The van der Waals surface area contributed by atoms with E-state index in [4.69, 9.17) is 4.42 Å². The van der Waals surface area contributed by atoms with E-state index in [2.05, 4.69) is 15.9 Å². The highest BCUT2D eigenvalue weighted by molar-refractivity contribution is 9.09. The highest BCUT2D eigenvalue weighted by Crippen LogP contribution is 2.24. The number of rotatable bonds is 2. The Morgan fingerprint density at radius 3 is 2.64 bits per heavy atom. The number of carbonyl (C=O) groups excluding carboxylic acids is 1. The molecule has 1 heterocycles. The molecule has 0 fully saturated rings. The first-order valence-electron chi connectivity index (χ1n) is 3.32. The normalized spacial score (nSPS) is 13.0. The summed E-state index contributed by atoms with van der Waals surface area (Å²) in [6.07, 6.45) is 0. The van der Waals surface area contributed by atoms with Gasteiger partial charge in [-0.05, 0) is 26.0 Å². The molecule has 1 aromatic rings. The quantitative estimate of drug-likeness (QED) is 0.712. The summed E-state index contributed by atoms with van der Waals surface area (Å²) in [5.74, 6) is 1.56. The van der Waals surface area contributed by atoms with Crippen LogP contribution in [0.1, 0.15) is 23.3 Å². The second-order valence-corrected chi connectivity index (χ2v) is 3.34. The molecule has 0 bridgehead atoms. The molecule has 0 aromatic carbocycles. The molecule has 0 saturated heterocycles. The van der Waals surface area contributed by atoms with Crippen molar-refractivity contribution in [3.8, 4) is 0 Å². The standard InChI is InChI=1S/C8H9BrO2/c1-5-3-4-7(11-5)8(9)6(2)10/h3-4,8H,1-2H3. The molecule has 0 saturated carbocycles. The number of Topliss-reactive ketones (excluding diaryl/α,β-unsaturated/α-hetero) is 1. The van der Waals surface area contributed by atoms with E-state index in [1.54, 1.807) is 6.07 Å². The molecule has 0 aliphatic heterocycles. The number of carbonyl (C=O) groups is 1. The SMILES string of the molecule is CC(=O)C(Br)c1ccc(C)o1. The number of hydrogen-bond acceptors (Lipinski definition) is 2. The fourth-order valence-electron chi connectivity index (χ4n) is 0.790. The Balaban J connectivity index is 2.84. The number of furan rings is 1. The van der Waals surface area contributed by atoms with Crippen molar-refractivity contribution >= 4 is 21.7 Å². The van der Waals surface area contributed by atoms with Gasteiger partial charge in [0, 0.05) is 0 Å². The fraction of sp³-hybridized carbons (Fsp3) is 0.375. The molecule has 1 aromatic heterocycles. The van der Waals surface area contributed by atoms with Gasteiger partial charge in [0.2, 0.25) is 0 Å². The van der Waals surface area contributed by atoms with E-state index in [9.17, 15) is 4.79 Å². The van der Waals surface area contributed by atoms with Crippen molar-refractivity contribution in [2.75, 3.05) is 0 Å². The topological polar surface area (TPSA) is 30.2 Å². The Bertz CT molecular complexity index is 265. The van der Waals surface area contributed by atoms with Crippen LogP contribution in [-0.2, 0) is 4.79 Å². The zero-order valence-corrected chi connectivity index (χ0v) is 8.01. The van der Waals surface area contributed by atoms with Crippen LogP contribution in [0.5, 0.6) is 0 Å². The predicted molar refractivity (Wildman–Crippen MR) is 45.8 cm³/mol. The number of alkyl halides is 1. The molecule has 11 heavy (non-hydrogen) atoms. The Kier molecular flexibility index (Phi) is 2.49. The molecule has 3 heteroatoms. The molecule has 1 unspecified atom stereocenters. The first-order chi connectivity index (χ1) is 5.11. The van der Waals surface area contributed by atoms with E-state index in [1.807, 2.05) is 13.0 Å². The molecule has 0 spiro atoms. The van der Waals surface area contributed by atoms with E-state index in [0.717, 1.165) is 5.76 Å². The lowest BCUT2D eigenvalue weighted by Gasteiger charge is -1.99. The van der Waals surface area contributed by atoms with Crippen molar-refractivity contribution in [1.82, 2.24) is 0 Å². The fourth-order valence-corrected chi connectivity index (χ4v) is 1.04. The van der Waals surface area contributed by atoms with Crippen molar-refractivity contribution in [2.45, 2.75) is 18.7 Å². The summed E-state index contributed by atoms with van der Waals surface area (Å²) in [5.41, 5.74) is 0. The molecule has 1 rings (SSSR count). The minimum atomic E-state index is -0.295. The second-order valence-electron chi connectivity index (χ2n) is 2.42. The summed E-state index contributed by atoms with van der Waals surface area (Å²) < 4.78 is 5.24. The molecule has 2 nitrogen and oxygen atoms in total. The zero-order chi connectivity index (χ0) is 8.43. The lowest BCUT2D eigenvalue weighted by atomic mass is 10.2. The molecule has 0 aliphatic rings. The molecule has 1 atom stereocenters. The third kappa shape index (κ3) is 1.93. The first-order valence-corrected chi connectivity index (χ1v) is 4.23. The predicted octanol–water partition coefficient (Wildman–Crippen LogP) is 2.61. The number of hydrogen-bond donors (Lipinski definition) is 0. The van der Waals surface area contributed by atoms with Gasteiger partial charge in [0.15, 0.2) is 5.78 Å². The van der Waals surface area contributed by atoms with Crippen LogP contribution >= 0.6 is 15.9 Å². The second kappa shape index (κ2) is 3.22. The number of halogens is 1. The Labute approximate surface area is 73.7 Å². The maximum Gasteiger partial charge on any atom is 0.151 e. The maximum atomic E-state index is 10.8. The van der Waals surface area contributed by atoms with Crippen LogP contribution in [0.3, 0.4) is 0 Å². The van der Waals surface area contributed by atoms with Crippen LogP contribution in [0, 0.1) is 6.92 Å². The molecular weight excluding hydrogens is 208 g/mol. The van der Waals surface area contributed by atoms with E-state index in [0.29, 0.717) is 5.76 Å². The van der Waals surface area contributed by atoms with Crippen LogP contribution in [0.2, 0.25) is 0 Å². The van der Waals surface area contributed by atoms with Crippen LogP contribution < -0.4 is 0 Å². The van der Waals surface area contributed by atoms with Gasteiger partial charge in [0.05, 0.1) is 0 Å². The van der Waals surface area contributed by atoms with Crippen molar-refractivity contribution in [2.24, 2.45) is 0 Å². The van der Waals surface area contributed by atoms with E-state index in [1.165, 1.54) is 6.92 Å². The summed E-state index contributed by atoms with van der Waals surface area (Å²) in [7, 11) is 0. The average Bonchev–Trinajstić information content (AvgIpc) is 2.34. The summed E-state index contributed by atoms with van der Waals surface area (Å²) in [6, 6.07) is 3.64. The van der Waals surface area contributed by atoms with Gasteiger partial charge in [-0.3, -0.25) is 4.79 Å². The Morgan fingerprint density at radius 1 is 1.64 bits per heavy atom. The molecule has 0 amide bonds. The first kappa shape index (κ1) is 8.53. The minimum Gasteiger partial charge on any atom is -0.465 e. The van der Waals surface area contributed by atoms with Crippen LogP contribution in [0.4, 0.5) is 0 Å². The third-order valence-corrected chi connectivity index (χ3v) is 2.46. The zero-order valence-electron chi connectivity index (χ0n) is 6.43. The molecule has 0 aliphatic carbocycles. The number of ketones is 1. The smallest absolute Gasteiger partial charge is 0.151 e. The molecule has 0 radical (unpaired) electrons. The van der Waals surface area contributed by atoms with Gasteiger partial charge < -0.3 is 4.42 Å². The highest BCUT2D eigenvalue weighted by atomic mass is 79.9. The van der Waals surface area contributed by atoms with Gasteiger partial charge >= 0.3 is 0 Å². The van der Waals surface area contributed by atoms with Crippen LogP contribution in [0.25, 0.3) is 0 Å². The van der Waals surface area contributed by atoms with Crippen LogP contribution in [0.15, 0.2) is 16.5 Å². The van der Waals surface area contributed by atoms with Crippen LogP contribution in [-0.4, -0.2) is 5.78 Å². The Morgan fingerprint density at radius 2 is 2.27 bits per heavy atom. The van der Waals surface area contributed by atoms with E-state index in [-0.39, 0.29) is 10.6 Å². The van der Waals surface area contributed by atoms with Crippen molar-refractivity contribution in [1.29, 1.82) is 0 Å². The van der Waals surface area contributed by atoms with E-state index < -0.39 is 0 Å². The summed E-state index contributed by atoms with van der Waals surface area (Å²) in [4.78, 5) is 10.6. The van der Waals surface area contributed by atoms with Gasteiger partial charge in [-0.2, -0.15) is 0 Å². The van der Waals surface area contributed by atoms with Crippen molar-refractivity contribution in [3.63, 3.8) is 0 Å². The van der Waals surface area contributed by atoms with E-state index >= 15 is 0 Å². The summed E-state index contributed by atoms with van der Waals surface area (Å²) >= 11 is 3.22. The highest BCUT2D eigenvalue weighted by Gasteiger charge is 2.15. The maximum absolute atomic E-state index is 10.8. The van der Waals surface area contributed by atoms with Gasteiger partial charge in [-0.15, -0.1) is 0 Å². The Hall–Kier alpha value is -0.570. The van der Waals surface area contributed by atoms with Gasteiger partial charge in [-0.1, -0.05) is 15.9 Å². The number of aryl methyl sites for hydroxylation is 1. The third-order valence-electron chi connectivity index (χ3n) is 1.37. The van der Waals surface area contributed by atoms with Crippen molar-refractivity contribution in [3.05, 3.63) is 23.7 Å². The largest absolute Gasteiger partial charge is 0.465 e. The monoisotopic (exact) mass is 216 g/mol. The molecule has 0 N–H and O–H groups in total. The van der Waals surface area contributed by atoms with Gasteiger partial charge in [0.1, 0.15) is 16.3 Å². The lowest BCUT2D eigenvalue weighted by Crippen LogP contribution is -1.98. The summed E-state index contributed by atoms with van der Waals surface area (Å²) in [6.45, 7) is 3.38. The minimum absolute atomic E-state index is 0.0550. The van der Waals surface area contributed by atoms with Gasteiger partial charge in [-0.25, -0.2) is 0 Å². The lowest BCUT2D eigenvalue weighted by molar-refractivity contribution is -0.116. The molecule has 60 valence electrons. The van der Waals surface area contributed by atoms with Gasteiger partial charge in [0.25, 0.3) is 0 Å². The molecular formula is C8H9BrO2. The van der Waals surface area contributed by atoms with Crippen molar-refractivity contribution < 1.29 is 9.21 Å². The average molecular weight is 217 g/mol.